The molecule has 2 bridgehead atoms. The van der Waals surface area contributed by atoms with Gasteiger partial charge in [-0.15, -0.1) is 0 Å². The molecule has 5 unspecified atom stereocenters. The summed E-state index contributed by atoms with van der Waals surface area (Å²) in [7, 11) is 0. The van der Waals surface area contributed by atoms with Crippen molar-refractivity contribution in [2.24, 2.45) is 11.8 Å². The summed E-state index contributed by atoms with van der Waals surface area (Å²) in [6, 6.07) is 2.49. The smallest absolute Gasteiger partial charge is 0.223 e. The van der Waals surface area contributed by atoms with Crippen LogP contribution in [0.1, 0.15) is 71.1 Å². The number of fused-ring (bicyclic) bond motifs is 3. The number of amides is 1. The number of nitrogens with one attached hydrogen (secondary N) is 1. The Labute approximate surface area is 128 Å². The van der Waals surface area contributed by atoms with Crippen molar-refractivity contribution in [1.29, 1.82) is 0 Å². The van der Waals surface area contributed by atoms with Crippen LogP contribution in [0.3, 0.4) is 0 Å². The summed E-state index contributed by atoms with van der Waals surface area (Å²) in [5, 5.41) is 3.69. The van der Waals surface area contributed by atoms with Crippen LogP contribution in [0.5, 0.6) is 0 Å². The van der Waals surface area contributed by atoms with Crippen molar-refractivity contribution in [2.75, 3.05) is 0 Å². The first-order valence-corrected chi connectivity index (χ1v) is 9.28. The molecule has 1 N–H and O–H groups in total. The number of hydrogen-bond acceptors (Lipinski definition) is 2. The van der Waals surface area contributed by atoms with Gasteiger partial charge in [0.2, 0.25) is 5.91 Å². The molecular formula is C18H30N2O. The van der Waals surface area contributed by atoms with Crippen molar-refractivity contribution in [1.82, 2.24) is 10.2 Å². The van der Waals surface area contributed by atoms with Gasteiger partial charge in [0.05, 0.1) is 0 Å². The first-order chi connectivity index (χ1) is 10.2. The van der Waals surface area contributed by atoms with Gasteiger partial charge in [0, 0.05) is 30.6 Å². The fraction of sp³-hybridized carbons (Fsp3) is 0.944. The van der Waals surface area contributed by atoms with Gasteiger partial charge >= 0.3 is 0 Å². The van der Waals surface area contributed by atoms with Crippen LogP contribution >= 0.6 is 0 Å². The molecule has 3 aliphatic heterocycles. The molecule has 1 amide bonds. The number of rotatable bonds is 2. The molecule has 3 nitrogen and oxygen atoms in total. The van der Waals surface area contributed by atoms with Gasteiger partial charge < -0.3 is 10.2 Å². The predicted molar refractivity (Wildman–Crippen MR) is 84.0 cm³/mol. The van der Waals surface area contributed by atoms with Gasteiger partial charge in [-0.25, -0.2) is 0 Å². The lowest BCUT2D eigenvalue weighted by Gasteiger charge is -2.35. The van der Waals surface area contributed by atoms with Crippen molar-refractivity contribution in [3.63, 3.8) is 0 Å². The van der Waals surface area contributed by atoms with Gasteiger partial charge in [-0.1, -0.05) is 12.8 Å². The molecule has 3 heteroatoms. The maximum Gasteiger partial charge on any atom is 0.223 e. The van der Waals surface area contributed by atoms with E-state index >= 15 is 0 Å². The summed E-state index contributed by atoms with van der Waals surface area (Å²) >= 11 is 0. The van der Waals surface area contributed by atoms with E-state index in [4.69, 9.17) is 0 Å². The van der Waals surface area contributed by atoms with Crippen LogP contribution in [0, 0.1) is 11.8 Å². The molecule has 0 aromatic heterocycles. The largest absolute Gasteiger partial charge is 0.337 e. The summed E-state index contributed by atoms with van der Waals surface area (Å²) in [5.74, 6) is 1.93. The van der Waals surface area contributed by atoms with Crippen molar-refractivity contribution in [3.8, 4) is 0 Å². The van der Waals surface area contributed by atoms with Gasteiger partial charge in [0.1, 0.15) is 0 Å². The van der Waals surface area contributed by atoms with E-state index in [1.165, 1.54) is 57.8 Å². The zero-order chi connectivity index (χ0) is 14.4. The van der Waals surface area contributed by atoms with E-state index in [2.05, 4.69) is 17.1 Å². The molecule has 118 valence electrons. The molecule has 3 heterocycles. The molecule has 4 aliphatic rings. The normalized spacial score (nSPS) is 45.7. The Morgan fingerprint density at radius 2 is 1.76 bits per heavy atom. The highest BCUT2D eigenvalue weighted by atomic mass is 16.2. The minimum Gasteiger partial charge on any atom is -0.337 e. The number of hydrogen-bond donors (Lipinski definition) is 1. The molecule has 0 spiro atoms. The maximum atomic E-state index is 12.9. The highest BCUT2D eigenvalue weighted by Gasteiger charge is 2.43. The third-order valence-electron chi connectivity index (χ3n) is 6.67. The highest BCUT2D eigenvalue weighted by Crippen LogP contribution is 2.41. The molecule has 0 aromatic carbocycles. The lowest BCUT2D eigenvalue weighted by molar-refractivity contribution is -0.135. The predicted octanol–water partition coefficient (Wildman–Crippen LogP) is 3.09. The summed E-state index contributed by atoms with van der Waals surface area (Å²) in [6.45, 7) is 2.28. The van der Waals surface area contributed by atoms with E-state index in [1.54, 1.807) is 0 Å². The molecule has 0 radical (unpaired) electrons. The standard InChI is InChI=1S/C18H30N2O/c1-12-8-14-4-2-3-5-17(14)20(12)18(21)11-13-9-15-6-7-16(10-13)19-15/h12-17,19H,2-11H2,1H3. The van der Waals surface area contributed by atoms with Crippen LogP contribution in [0.25, 0.3) is 0 Å². The van der Waals surface area contributed by atoms with Crippen LogP contribution in [0.15, 0.2) is 0 Å². The van der Waals surface area contributed by atoms with E-state index in [9.17, 15) is 4.79 Å². The molecule has 0 aromatic rings. The summed E-state index contributed by atoms with van der Waals surface area (Å²) in [6.07, 6.45) is 12.5. The van der Waals surface area contributed by atoms with Crippen molar-refractivity contribution in [2.45, 2.75) is 95.3 Å². The number of carbonyl (C=O) groups excluding carboxylic acids is 1. The summed E-state index contributed by atoms with van der Waals surface area (Å²) in [5.41, 5.74) is 0. The lowest BCUT2D eigenvalue weighted by Crippen LogP contribution is -2.45. The Hall–Kier alpha value is -0.570. The number of nitrogens with zero attached hydrogens (tertiary/aromatic N) is 1. The zero-order valence-electron chi connectivity index (χ0n) is 13.4. The molecule has 4 rings (SSSR count). The van der Waals surface area contributed by atoms with Gasteiger partial charge in [0.25, 0.3) is 0 Å². The monoisotopic (exact) mass is 290 g/mol. The Balaban J connectivity index is 1.40. The van der Waals surface area contributed by atoms with E-state index in [1.807, 2.05) is 0 Å². The minimum absolute atomic E-state index is 0.475. The molecule has 21 heavy (non-hydrogen) atoms. The second-order valence-corrected chi connectivity index (χ2v) is 8.18. The SMILES string of the molecule is CC1CC2CCCCC2N1C(=O)CC1CC2CCC(C1)N2. The quantitative estimate of drug-likeness (QED) is 0.847. The Bertz CT molecular complexity index is 398. The van der Waals surface area contributed by atoms with Gasteiger partial charge in [0.15, 0.2) is 0 Å². The minimum atomic E-state index is 0.475. The van der Waals surface area contributed by atoms with E-state index < -0.39 is 0 Å². The number of carbonyl (C=O) groups is 1. The average Bonchev–Trinajstić information content (AvgIpc) is 2.97. The van der Waals surface area contributed by atoms with Crippen molar-refractivity contribution < 1.29 is 4.79 Å². The van der Waals surface area contributed by atoms with Gasteiger partial charge in [-0.05, 0) is 63.7 Å². The van der Waals surface area contributed by atoms with Crippen LogP contribution in [-0.2, 0) is 4.79 Å². The molecule has 3 saturated heterocycles. The Morgan fingerprint density at radius 3 is 2.52 bits per heavy atom. The van der Waals surface area contributed by atoms with Crippen LogP contribution in [0.4, 0.5) is 0 Å². The van der Waals surface area contributed by atoms with Crippen LogP contribution in [-0.4, -0.2) is 35.0 Å². The molecule has 1 aliphatic carbocycles. The lowest BCUT2D eigenvalue weighted by atomic mass is 9.84. The van der Waals surface area contributed by atoms with Crippen LogP contribution < -0.4 is 5.32 Å². The fourth-order valence-corrected chi connectivity index (χ4v) is 5.83. The van der Waals surface area contributed by atoms with Gasteiger partial charge in [-0.2, -0.15) is 0 Å². The summed E-state index contributed by atoms with van der Waals surface area (Å²) < 4.78 is 0. The maximum absolute atomic E-state index is 12.9. The second-order valence-electron chi connectivity index (χ2n) is 8.18. The Kier molecular flexibility index (Phi) is 3.72. The number of likely N-dealkylation sites (tertiary alicyclic amines) is 1. The van der Waals surface area contributed by atoms with Crippen LogP contribution in [0.2, 0.25) is 0 Å². The van der Waals surface area contributed by atoms with E-state index in [-0.39, 0.29) is 0 Å². The van der Waals surface area contributed by atoms with Crippen molar-refractivity contribution in [3.05, 3.63) is 0 Å². The molecule has 4 fully saturated rings. The topological polar surface area (TPSA) is 32.3 Å². The van der Waals surface area contributed by atoms with E-state index in [0.717, 1.165) is 12.3 Å². The highest BCUT2D eigenvalue weighted by molar-refractivity contribution is 5.77. The zero-order valence-corrected chi connectivity index (χ0v) is 13.4. The first-order valence-electron chi connectivity index (χ1n) is 9.28. The first kappa shape index (κ1) is 14.0. The second kappa shape index (κ2) is 5.57. The van der Waals surface area contributed by atoms with Crippen molar-refractivity contribution >= 4 is 5.91 Å². The molecule has 1 saturated carbocycles. The third kappa shape index (κ3) is 2.62. The Morgan fingerprint density at radius 1 is 1.05 bits per heavy atom. The van der Waals surface area contributed by atoms with Gasteiger partial charge in [-0.3, -0.25) is 4.79 Å². The van der Waals surface area contributed by atoms with E-state index in [0.29, 0.717) is 36.0 Å². The fourth-order valence-electron chi connectivity index (χ4n) is 5.83. The molecular weight excluding hydrogens is 260 g/mol. The third-order valence-corrected chi connectivity index (χ3v) is 6.67. The molecule has 5 atom stereocenters. The number of piperidine rings is 1. The summed E-state index contributed by atoms with van der Waals surface area (Å²) in [4.78, 5) is 15.2. The average molecular weight is 290 g/mol.